The van der Waals surface area contributed by atoms with E-state index in [4.69, 9.17) is 21.1 Å². The van der Waals surface area contributed by atoms with Crippen LogP contribution in [0.3, 0.4) is 0 Å². The summed E-state index contributed by atoms with van der Waals surface area (Å²) in [7, 11) is 1.73. The van der Waals surface area contributed by atoms with Gasteiger partial charge in [0.1, 0.15) is 11.6 Å². The number of rotatable bonds is 10. The Kier molecular flexibility index (Phi) is 9.39. The molecule has 4 rings (SSSR count). The maximum Gasteiger partial charge on any atom is 0.152 e. The quantitative estimate of drug-likeness (QED) is 0.357. The number of halogens is 2. The highest BCUT2D eigenvalue weighted by atomic mass is 35.5. The van der Waals surface area contributed by atoms with Crippen molar-refractivity contribution in [1.82, 2.24) is 15.3 Å². The zero-order valence-electron chi connectivity index (χ0n) is 21.6. The summed E-state index contributed by atoms with van der Waals surface area (Å²) in [6.07, 6.45) is 9.11. The molecule has 1 atom stereocenters. The topological polar surface area (TPSA) is 80.3 Å². The molecular formula is C27H39ClFN5O2. The Hall–Kier alpha value is -2.00. The summed E-state index contributed by atoms with van der Waals surface area (Å²) in [5.74, 6) is 0.293. The second-order valence-electron chi connectivity index (χ2n) is 10.6. The minimum Gasteiger partial charge on any atom is -0.383 e. The first-order valence-corrected chi connectivity index (χ1v) is 13.4. The van der Waals surface area contributed by atoms with E-state index in [1.165, 1.54) is 6.20 Å². The van der Waals surface area contributed by atoms with Gasteiger partial charge >= 0.3 is 0 Å². The van der Waals surface area contributed by atoms with Gasteiger partial charge in [-0.05, 0) is 63.0 Å². The summed E-state index contributed by atoms with van der Waals surface area (Å²) >= 11 is 6.38. The van der Waals surface area contributed by atoms with Crippen LogP contribution in [-0.2, 0) is 9.47 Å². The normalized spacial score (nSPS) is 22.7. The lowest BCUT2D eigenvalue weighted by Gasteiger charge is -2.34. The second-order valence-corrected chi connectivity index (χ2v) is 11.0. The van der Waals surface area contributed by atoms with Crippen molar-refractivity contribution < 1.29 is 13.9 Å². The van der Waals surface area contributed by atoms with Crippen molar-refractivity contribution in [3.8, 4) is 11.1 Å². The maximum atomic E-state index is 14.8. The minimum absolute atomic E-state index is 0.132. The first-order chi connectivity index (χ1) is 17.3. The van der Waals surface area contributed by atoms with Gasteiger partial charge in [0.2, 0.25) is 0 Å². The summed E-state index contributed by atoms with van der Waals surface area (Å²) in [6.45, 7) is 7.41. The highest BCUT2D eigenvalue weighted by molar-refractivity contribution is 6.32. The molecule has 0 bridgehead atoms. The monoisotopic (exact) mass is 519 g/mol. The van der Waals surface area contributed by atoms with Gasteiger partial charge in [0, 0.05) is 62.3 Å². The predicted molar refractivity (Wildman–Crippen MR) is 143 cm³/mol. The van der Waals surface area contributed by atoms with E-state index in [0.29, 0.717) is 52.5 Å². The van der Waals surface area contributed by atoms with E-state index in [9.17, 15) is 4.39 Å². The van der Waals surface area contributed by atoms with Gasteiger partial charge < -0.3 is 25.4 Å². The highest BCUT2D eigenvalue weighted by Gasteiger charge is 2.27. The van der Waals surface area contributed by atoms with E-state index in [-0.39, 0.29) is 11.2 Å². The van der Waals surface area contributed by atoms with Crippen molar-refractivity contribution in [3.63, 3.8) is 0 Å². The third-order valence-electron chi connectivity index (χ3n) is 7.43. The highest BCUT2D eigenvalue weighted by Crippen LogP contribution is 2.33. The van der Waals surface area contributed by atoms with E-state index < -0.39 is 0 Å². The smallest absolute Gasteiger partial charge is 0.152 e. The van der Waals surface area contributed by atoms with E-state index in [1.807, 2.05) is 6.07 Å². The molecule has 3 N–H and O–H groups in total. The lowest BCUT2D eigenvalue weighted by Crippen LogP contribution is -2.42. The number of pyridine rings is 2. The van der Waals surface area contributed by atoms with E-state index >= 15 is 0 Å². The number of nitrogens with zero attached hydrogens (tertiary/aromatic N) is 2. The third-order valence-corrected chi connectivity index (χ3v) is 7.73. The predicted octanol–water partition coefficient (Wildman–Crippen LogP) is 5.51. The summed E-state index contributed by atoms with van der Waals surface area (Å²) in [6, 6.07) is 4.80. The minimum atomic E-state index is -0.382. The van der Waals surface area contributed by atoms with E-state index in [1.54, 1.807) is 19.4 Å². The summed E-state index contributed by atoms with van der Waals surface area (Å²) in [4.78, 5) is 8.63. The lowest BCUT2D eigenvalue weighted by molar-refractivity contribution is 0.0300. The molecule has 0 unspecified atom stereocenters. The Morgan fingerprint density at radius 2 is 1.86 bits per heavy atom. The third kappa shape index (κ3) is 7.28. The zero-order chi connectivity index (χ0) is 25.5. The van der Waals surface area contributed by atoms with Gasteiger partial charge in [-0.15, -0.1) is 0 Å². The molecule has 36 heavy (non-hydrogen) atoms. The van der Waals surface area contributed by atoms with E-state index in [2.05, 4.69) is 39.8 Å². The van der Waals surface area contributed by atoms with E-state index in [0.717, 1.165) is 58.3 Å². The first kappa shape index (κ1) is 27.0. The Morgan fingerprint density at radius 1 is 1.14 bits per heavy atom. The fourth-order valence-electron chi connectivity index (χ4n) is 5.12. The summed E-state index contributed by atoms with van der Waals surface area (Å²) in [5, 5.41) is 11.0. The number of hydrogen-bond acceptors (Lipinski definition) is 7. The van der Waals surface area contributed by atoms with Crippen LogP contribution in [0, 0.1) is 11.2 Å². The van der Waals surface area contributed by atoms with Gasteiger partial charge in [-0.1, -0.05) is 18.5 Å². The van der Waals surface area contributed by atoms with Crippen LogP contribution in [0.4, 0.5) is 15.9 Å². The van der Waals surface area contributed by atoms with Gasteiger partial charge in [0.05, 0.1) is 18.5 Å². The Labute approximate surface area is 218 Å². The number of methoxy groups -OCH3 is 1. The first-order valence-electron chi connectivity index (χ1n) is 13.0. The van der Waals surface area contributed by atoms with Crippen LogP contribution in [0.15, 0.2) is 24.5 Å². The molecule has 2 aromatic rings. The fraction of sp³-hybridized carbons (Fsp3) is 0.630. The molecule has 7 nitrogen and oxygen atoms in total. The molecule has 9 heteroatoms. The Morgan fingerprint density at radius 3 is 2.58 bits per heavy atom. The molecule has 0 aromatic carbocycles. The van der Waals surface area contributed by atoms with Crippen LogP contribution >= 0.6 is 11.6 Å². The number of aromatic nitrogens is 2. The molecule has 0 spiro atoms. The van der Waals surface area contributed by atoms with Crippen LogP contribution in [-0.4, -0.2) is 61.6 Å². The molecule has 2 aliphatic rings. The van der Waals surface area contributed by atoms with Crippen LogP contribution < -0.4 is 16.0 Å². The van der Waals surface area contributed by atoms with Gasteiger partial charge in [-0.3, -0.25) is 0 Å². The number of anilines is 2. The molecule has 2 fully saturated rings. The fourth-order valence-corrected chi connectivity index (χ4v) is 5.29. The van der Waals surface area contributed by atoms with Crippen LogP contribution in [0.2, 0.25) is 5.15 Å². The molecular weight excluding hydrogens is 481 g/mol. The molecule has 1 aliphatic carbocycles. The largest absolute Gasteiger partial charge is 0.383 e. The summed E-state index contributed by atoms with van der Waals surface area (Å²) < 4.78 is 25.6. The van der Waals surface area contributed by atoms with Crippen molar-refractivity contribution in [1.29, 1.82) is 0 Å². The van der Waals surface area contributed by atoms with Crippen molar-refractivity contribution in [2.24, 2.45) is 5.41 Å². The van der Waals surface area contributed by atoms with Crippen molar-refractivity contribution in [2.45, 2.75) is 70.5 Å². The Bertz CT molecular complexity index is 996. The Balaban J connectivity index is 1.39. The van der Waals surface area contributed by atoms with Gasteiger partial charge in [-0.25, -0.2) is 14.4 Å². The van der Waals surface area contributed by atoms with Crippen LogP contribution in [0.25, 0.3) is 11.1 Å². The zero-order valence-corrected chi connectivity index (χ0v) is 22.3. The summed E-state index contributed by atoms with van der Waals surface area (Å²) in [5.41, 5.74) is 1.97. The molecule has 0 amide bonds. The van der Waals surface area contributed by atoms with Gasteiger partial charge in [-0.2, -0.15) is 0 Å². The molecule has 198 valence electrons. The van der Waals surface area contributed by atoms with Crippen LogP contribution in [0.5, 0.6) is 0 Å². The average Bonchev–Trinajstić information content (AvgIpc) is 2.87. The second kappa shape index (κ2) is 12.5. The number of nitrogens with one attached hydrogen (secondary N) is 3. The standard InChI is InChI=1S/C27H39ClFN5O2/c1-18(16-35-3)33-20-4-6-21(7-5-20)34-25-13-22(23(29)15-30-25)19-12-24(26(28)31-14-19)32-17-27(2)8-10-36-11-9-27/h12-15,18,20-21,32-33H,4-11,16-17H2,1-3H3,(H,30,34)/t18-,20-,21-/m0/s1. The molecule has 2 aromatic heterocycles. The lowest BCUT2D eigenvalue weighted by atomic mass is 9.82. The van der Waals surface area contributed by atoms with Gasteiger partial charge in [0.15, 0.2) is 5.15 Å². The molecule has 0 radical (unpaired) electrons. The molecule has 3 heterocycles. The SMILES string of the molecule is COC[C@H](C)N[C@H]1CC[C@H](Nc2cc(-c3cnc(Cl)c(NCC4(C)CCOCC4)c3)c(F)cn2)CC1. The number of hydrogen-bond donors (Lipinski definition) is 3. The molecule has 1 aliphatic heterocycles. The van der Waals surface area contributed by atoms with Crippen molar-refractivity contribution in [3.05, 3.63) is 35.5 Å². The maximum absolute atomic E-state index is 14.8. The average molecular weight is 520 g/mol. The molecule has 1 saturated heterocycles. The van der Waals surface area contributed by atoms with Gasteiger partial charge in [0.25, 0.3) is 0 Å². The molecule has 1 saturated carbocycles. The van der Waals surface area contributed by atoms with Crippen molar-refractivity contribution >= 4 is 23.1 Å². The number of ether oxygens (including phenoxy) is 2. The van der Waals surface area contributed by atoms with Crippen molar-refractivity contribution in [2.75, 3.05) is 44.1 Å². The van der Waals surface area contributed by atoms with Crippen LogP contribution in [0.1, 0.15) is 52.4 Å².